The number of piperidine rings is 1. The summed E-state index contributed by atoms with van der Waals surface area (Å²) in [6.07, 6.45) is 3.75. The maximum Gasteiger partial charge on any atom is 0.221 e. The van der Waals surface area contributed by atoms with Crippen LogP contribution in [0.1, 0.15) is 51.0 Å². The fourth-order valence-corrected chi connectivity index (χ4v) is 3.75. The van der Waals surface area contributed by atoms with Gasteiger partial charge in [-0.2, -0.15) is 0 Å². The van der Waals surface area contributed by atoms with Gasteiger partial charge in [-0.15, -0.1) is 0 Å². The molecule has 1 aromatic rings. The van der Waals surface area contributed by atoms with Gasteiger partial charge in [0.2, 0.25) is 5.91 Å². The SMILES string of the molecule is CCCNC(=O)CCNC(=NC)N1CCC(c2ccccc2)C(CC)C1. The van der Waals surface area contributed by atoms with Crippen LogP contribution in [0.5, 0.6) is 0 Å². The Balaban J connectivity index is 1.87. The Morgan fingerprint density at radius 3 is 2.62 bits per heavy atom. The molecule has 1 amide bonds. The molecule has 2 N–H and O–H groups in total. The average Bonchev–Trinajstić information content (AvgIpc) is 2.69. The molecule has 2 atom stereocenters. The highest BCUT2D eigenvalue weighted by Gasteiger charge is 2.30. The van der Waals surface area contributed by atoms with Crippen molar-refractivity contribution < 1.29 is 4.79 Å². The predicted molar refractivity (Wildman–Crippen MR) is 108 cm³/mol. The van der Waals surface area contributed by atoms with E-state index in [1.54, 1.807) is 0 Å². The van der Waals surface area contributed by atoms with Crippen molar-refractivity contribution in [1.82, 2.24) is 15.5 Å². The van der Waals surface area contributed by atoms with Crippen LogP contribution in [0.4, 0.5) is 0 Å². The van der Waals surface area contributed by atoms with Gasteiger partial charge in [-0.3, -0.25) is 9.79 Å². The zero-order valence-corrected chi connectivity index (χ0v) is 16.5. The largest absolute Gasteiger partial charge is 0.356 e. The Hall–Kier alpha value is -2.04. The Bertz CT molecular complexity index is 573. The van der Waals surface area contributed by atoms with Gasteiger partial charge >= 0.3 is 0 Å². The first-order chi connectivity index (χ1) is 12.7. The first-order valence-corrected chi connectivity index (χ1v) is 9.96. The van der Waals surface area contributed by atoms with Gasteiger partial charge in [-0.25, -0.2) is 0 Å². The molecule has 5 heteroatoms. The van der Waals surface area contributed by atoms with Crippen LogP contribution in [0.2, 0.25) is 0 Å². The molecule has 1 aromatic carbocycles. The molecular formula is C21H34N4O. The molecule has 5 nitrogen and oxygen atoms in total. The van der Waals surface area contributed by atoms with E-state index in [4.69, 9.17) is 0 Å². The van der Waals surface area contributed by atoms with Gasteiger partial charge in [-0.05, 0) is 30.2 Å². The molecule has 144 valence electrons. The Morgan fingerprint density at radius 1 is 1.19 bits per heavy atom. The number of benzene rings is 1. The van der Waals surface area contributed by atoms with E-state index in [0.717, 1.165) is 44.9 Å². The lowest BCUT2D eigenvalue weighted by molar-refractivity contribution is -0.120. The summed E-state index contributed by atoms with van der Waals surface area (Å²) in [5.74, 6) is 2.26. The molecule has 2 unspecified atom stereocenters. The van der Waals surface area contributed by atoms with Crippen LogP contribution in [0.25, 0.3) is 0 Å². The third-order valence-electron chi connectivity index (χ3n) is 5.20. The second-order valence-electron chi connectivity index (χ2n) is 6.99. The number of hydrogen-bond acceptors (Lipinski definition) is 2. The average molecular weight is 359 g/mol. The molecule has 1 heterocycles. The highest BCUT2D eigenvalue weighted by atomic mass is 16.1. The molecule has 0 radical (unpaired) electrons. The fraction of sp³-hybridized carbons (Fsp3) is 0.619. The minimum Gasteiger partial charge on any atom is -0.356 e. The number of amides is 1. The quantitative estimate of drug-likeness (QED) is 0.582. The van der Waals surface area contributed by atoms with Gasteiger partial charge < -0.3 is 15.5 Å². The second-order valence-corrected chi connectivity index (χ2v) is 6.99. The molecule has 2 rings (SSSR count). The van der Waals surface area contributed by atoms with Crippen LogP contribution >= 0.6 is 0 Å². The maximum atomic E-state index is 11.7. The summed E-state index contributed by atoms with van der Waals surface area (Å²) in [4.78, 5) is 18.5. The molecule has 0 bridgehead atoms. The number of nitrogens with zero attached hydrogens (tertiary/aromatic N) is 2. The lowest BCUT2D eigenvalue weighted by Gasteiger charge is -2.40. The second kappa shape index (κ2) is 10.8. The lowest BCUT2D eigenvalue weighted by Crippen LogP contribution is -2.49. The first-order valence-electron chi connectivity index (χ1n) is 9.96. The number of nitrogens with one attached hydrogen (secondary N) is 2. The Kier molecular flexibility index (Phi) is 8.45. The molecule has 0 aromatic heterocycles. The highest BCUT2D eigenvalue weighted by Crippen LogP contribution is 2.34. The third-order valence-corrected chi connectivity index (χ3v) is 5.20. The summed E-state index contributed by atoms with van der Waals surface area (Å²) in [5, 5.41) is 6.27. The van der Waals surface area contributed by atoms with Gasteiger partial charge in [-0.1, -0.05) is 50.6 Å². The van der Waals surface area contributed by atoms with Crippen molar-refractivity contribution in [2.45, 2.75) is 45.4 Å². The predicted octanol–water partition coefficient (Wildman–Crippen LogP) is 2.99. The molecule has 1 fully saturated rings. The summed E-state index contributed by atoms with van der Waals surface area (Å²) >= 11 is 0. The molecule has 0 spiro atoms. The fourth-order valence-electron chi connectivity index (χ4n) is 3.75. The standard InChI is InChI=1S/C21H34N4O/c1-4-13-23-20(26)11-14-24-21(22-3)25-15-12-19(17(5-2)16-25)18-9-7-6-8-10-18/h6-10,17,19H,4-5,11-16H2,1-3H3,(H,22,24)(H,23,26). The van der Waals surface area contributed by atoms with Crippen LogP contribution in [0, 0.1) is 5.92 Å². The number of likely N-dealkylation sites (tertiary alicyclic amines) is 1. The van der Waals surface area contributed by atoms with E-state index in [-0.39, 0.29) is 5.91 Å². The number of carbonyl (C=O) groups excluding carboxylic acids is 1. The van der Waals surface area contributed by atoms with Crippen molar-refractivity contribution in [2.75, 3.05) is 33.2 Å². The lowest BCUT2D eigenvalue weighted by atomic mass is 9.79. The van der Waals surface area contributed by atoms with Gasteiger partial charge in [0.25, 0.3) is 0 Å². The number of guanidine groups is 1. The summed E-state index contributed by atoms with van der Waals surface area (Å²) < 4.78 is 0. The van der Waals surface area contributed by atoms with E-state index in [1.165, 1.54) is 5.56 Å². The minimum atomic E-state index is 0.101. The van der Waals surface area contributed by atoms with Gasteiger partial charge in [0.15, 0.2) is 5.96 Å². The van der Waals surface area contributed by atoms with Gasteiger partial charge in [0.1, 0.15) is 0 Å². The van der Waals surface area contributed by atoms with Crippen LogP contribution in [-0.2, 0) is 4.79 Å². The zero-order chi connectivity index (χ0) is 18.8. The van der Waals surface area contributed by atoms with E-state index in [9.17, 15) is 4.79 Å². The summed E-state index contributed by atoms with van der Waals surface area (Å²) in [5.41, 5.74) is 1.45. The zero-order valence-electron chi connectivity index (χ0n) is 16.5. The summed E-state index contributed by atoms with van der Waals surface area (Å²) in [6, 6.07) is 10.9. The van der Waals surface area contributed by atoms with Gasteiger partial charge in [0.05, 0.1) is 0 Å². The van der Waals surface area contributed by atoms with E-state index in [0.29, 0.717) is 24.8 Å². The van der Waals surface area contributed by atoms with E-state index >= 15 is 0 Å². The molecule has 1 aliphatic heterocycles. The number of aliphatic imine (C=N–C) groups is 1. The molecule has 0 aliphatic carbocycles. The van der Waals surface area contributed by atoms with E-state index in [1.807, 2.05) is 7.05 Å². The van der Waals surface area contributed by atoms with Crippen molar-refractivity contribution >= 4 is 11.9 Å². The summed E-state index contributed by atoms with van der Waals surface area (Å²) in [6.45, 7) is 7.72. The molecular weight excluding hydrogens is 324 g/mol. The van der Waals surface area contributed by atoms with E-state index < -0.39 is 0 Å². The van der Waals surface area contributed by atoms with Crippen molar-refractivity contribution in [3.63, 3.8) is 0 Å². The number of carbonyl (C=O) groups is 1. The molecule has 26 heavy (non-hydrogen) atoms. The first kappa shape index (κ1) is 20.3. The molecule has 1 aliphatic rings. The van der Waals surface area contributed by atoms with Crippen LogP contribution in [0.3, 0.4) is 0 Å². The number of rotatable bonds is 7. The minimum absolute atomic E-state index is 0.101. The smallest absolute Gasteiger partial charge is 0.221 e. The molecule has 1 saturated heterocycles. The van der Waals surface area contributed by atoms with Crippen LogP contribution < -0.4 is 10.6 Å². The number of hydrogen-bond donors (Lipinski definition) is 2. The monoisotopic (exact) mass is 358 g/mol. The van der Waals surface area contributed by atoms with Crippen molar-refractivity contribution in [3.05, 3.63) is 35.9 Å². The maximum absolute atomic E-state index is 11.7. The Morgan fingerprint density at radius 2 is 1.96 bits per heavy atom. The van der Waals surface area contributed by atoms with Crippen molar-refractivity contribution in [3.8, 4) is 0 Å². The van der Waals surface area contributed by atoms with E-state index in [2.05, 4.69) is 64.7 Å². The summed E-state index contributed by atoms with van der Waals surface area (Å²) in [7, 11) is 1.82. The molecule has 0 saturated carbocycles. The van der Waals surface area contributed by atoms with Gasteiger partial charge in [0, 0.05) is 39.6 Å². The third kappa shape index (κ3) is 5.75. The normalized spacial score (nSPS) is 20.7. The Labute approximate surface area is 158 Å². The topological polar surface area (TPSA) is 56.7 Å². The highest BCUT2D eigenvalue weighted by molar-refractivity contribution is 5.81. The van der Waals surface area contributed by atoms with Crippen molar-refractivity contribution in [1.29, 1.82) is 0 Å². The van der Waals surface area contributed by atoms with Crippen molar-refractivity contribution in [2.24, 2.45) is 10.9 Å². The van der Waals surface area contributed by atoms with Crippen LogP contribution in [-0.4, -0.2) is 50.0 Å². The van der Waals surface area contributed by atoms with Crippen LogP contribution in [0.15, 0.2) is 35.3 Å².